The van der Waals surface area contributed by atoms with Crippen LogP contribution in [0.2, 0.25) is 64.5 Å². The van der Waals surface area contributed by atoms with Gasteiger partial charge in [-0.3, -0.25) is 0 Å². The largest absolute Gasteiger partial charge is 0.468 e. The van der Waals surface area contributed by atoms with Gasteiger partial charge >= 0.3 is 8.80 Å². The molecule has 0 aromatic rings. The van der Waals surface area contributed by atoms with Crippen LogP contribution in [0, 0.1) is 0 Å². The van der Waals surface area contributed by atoms with Crippen LogP contribution in [-0.4, -0.2) is 59.4 Å². The highest BCUT2D eigenvalue weighted by Crippen LogP contribution is 2.25. The van der Waals surface area contributed by atoms with E-state index in [1.165, 1.54) is 0 Å². The molecule has 0 heterocycles. The molecule has 0 aliphatic carbocycles. The van der Waals surface area contributed by atoms with Crippen LogP contribution in [0.25, 0.3) is 0 Å². The molecule has 0 spiro atoms. The molecule has 0 amide bonds. The maximum atomic E-state index is 8.21. The first kappa shape index (κ1) is 14.7. The minimum atomic E-state index is -3.22. The van der Waals surface area contributed by atoms with E-state index in [1.54, 1.807) is 26.2 Å². The van der Waals surface area contributed by atoms with E-state index in [0.717, 1.165) is 0 Å². The van der Waals surface area contributed by atoms with Crippen molar-refractivity contribution in [1.82, 2.24) is 0 Å². The van der Waals surface area contributed by atoms with Gasteiger partial charge in [0.15, 0.2) is 35.2 Å². The van der Waals surface area contributed by atoms with Crippen LogP contribution < -0.4 is 0 Å². The van der Waals surface area contributed by atoms with Crippen LogP contribution in [-0.2, 0) is 16.5 Å². The molecule has 0 radical (unpaired) electrons. The Bertz CT molecular complexity index is 380. The van der Waals surface area contributed by atoms with Gasteiger partial charge in [0.1, 0.15) is 10.4 Å². The molecular weight excluding hydrogens is 353 g/mol. The third-order valence-electron chi connectivity index (χ3n) is 2.45. The van der Waals surface area contributed by atoms with Crippen molar-refractivity contribution in [2.24, 2.45) is 0 Å². The number of hydrogen-bond donors (Lipinski definition) is 0. The summed E-state index contributed by atoms with van der Waals surface area (Å²) in [6, 6.07) is 1.17. The zero-order valence-electron chi connectivity index (χ0n) is 18.3. The fourth-order valence-electron chi connectivity index (χ4n) is 1.93. The first-order valence-corrected chi connectivity index (χ1v) is 19.8. The summed E-state index contributed by atoms with van der Waals surface area (Å²) < 4.78 is 56.0. The van der Waals surface area contributed by atoms with Crippen molar-refractivity contribution < 1.29 is 16.5 Å². The highest BCUT2D eigenvalue weighted by molar-refractivity contribution is 6.81. The molecule has 0 bridgehead atoms. The van der Waals surface area contributed by atoms with Gasteiger partial charge in [0.05, 0.1) is 0 Å². The van der Waals surface area contributed by atoms with Crippen LogP contribution in [0.15, 0.2) is 0 Å². The van der Waals surface area contributed by atoms with E-state index in [1.807, 2.05) is 13.1 Å². The summed E-state index contributed by atoms with van der Waals surface area (Å²) in [6.45, 7) is 14.9. The first-order chi connectivity index (χ1) is 10.4. The molecule has 122 valence electrons. The van der Waals surface area contributed by atoms with Crippen molar-refractivity contribution in [3.63, 3.8) is 0 Å². The van der Waals surface area contributed by atoms with E-state index in [9.17, 15) is 0 Å². The van der Waals surface area contributed by atoms with Crippen molar-refractivity contribution in [2.75, 3.05) is 0 Å². The highest BCUT2D eigenvalue weighted by Gasteiger charge is 2.42. The molecule has 0 fully saturated rings. The maximum absolute atomic E-state index is 8.21. The van der Waals surface area contributed by atoms with E-state index in [0.29, 0.717) is 12.1 Å². The first-order valence-electron chi connectivity index (χ1n) is 9.13. The topological polar surface area (TPSA) is 36.9 Å². The summed E-state index contributed by atoms with van der Waals surface area (Å²) in [4.78, 5) is 0. The zero-order chi connectivity index (χ0) is 19.4. The molecule has 0 aromatic carbocycles. The molecule has 10 heteroatoms. The molecule has 0 rings (SSSR count). The SMILES string of the molecule is [3H][SiH2]O[Si](CC[Si](C)(C)O[Si]([3H])(C)C)(O[Si]([3H])(C)C)O[Si]([3H])(C)C. The molecular formula is C10H34O4Si6. The average molecular weight is 395 g/mol. The summed E-state index contributed by atoms with van der Waals surface area (Å²) in [5, 5.41) is 0. The maximum Gasteiger partial charge on any atom is 0.468 e. The summed E-state index contributed by atoms with van der Waals surface area (Å²) in [5.74, 6) is 0. The van der Waals surface area contributed by atoms with E-state index in [-0.39, 0.29) is 0 Å². The lowest BCUT2D eigenvalue weighted by Gasteiger charge is -2.35. The molecule has 0 saturated carbocycles. The van der Waals surface area contributed by atoms with Crippen molar-refractivity contribution in [1.29, 1.82) is 4.94 Å². The smallest absolute Gasteiger partial charge is 0.458 e. The Morgan fingerprint density at radius 2 is 1.35 bits per heavy atom. The molecule has 0 aliphatic heterocycles. The Morgan fingerprint density at radius 1 is 0.900 bits per heavy atom. The lowest BCUT2D eigenvalue weighted by atomic mass is 10.9. The highest BCUT2D eigenvalue weighted by atomic mass is 28.5. The van der Waals surface area contributed by atoms with E-state index in [2.05, 4.69) is 13.1 Å². The second kappa shape index (κ2) is 9.32. The predicted molar refractivity (Wildman–Crippen MR) is 104 cm³/mol. The van der Waals surface area contributed by atoms with Gasteiger partial charge in [0.25, 0.3) is 0 Å². The Balaban J connectivity index is 5.37. The van der Waals surface area contributed by atoms with Crippen LogP contribution in [0.4, 0.5) is 0 Å². The summed E-state index contributed by atoms with van der Waals surface area (Å²) in [6.07, 6.45) is 0. The van der Waals surface area contributed by atoms with Crippen LogP contribution in [0.1, 0.15) is 0 Å². The minimum Gasteiger partial charge on any atom is -0.458 e. The van der Waals surface area contributed by atoms with Gasteiger partial charge in [-0.15, -0.1) is 0 Å². The summed E-state index contributed by atoms with van der Waals surface area (Å²) >= 11 is 0. The third-order valence-corrected chi connectivity index (χ3v) is 16.6. The van der Waals surface area contributed by atoms with Crippen LogP contribution >= 0.6 is 0 Å². The molecule has 4 nitrogen and oxygen atoms in total. The van der Waals surface area contributed by atoms with E-state index < -0.39 is 54.5 Å². The molecule has 20 heavy (non-hydrogen) atoms. The fraction of sp³-hybridized carbons (Fsp3) is 1.00. The summed E-state index contributed by atoms with van der Waals surface area (Å²) in [7, 11) is -14.6. The minimum absolute atomic E-state index is 0.479. The Kier molecular flexibility index (Phi) is 6.86. The lowest BCUT2D eigenvalue weighted by Crippen LogP contribution is -2.52. The van der Waals surface area contributed by atoms with Gasteiger partial charge in [-0.1, -0.05) is 0 Å². The second-order valence-electron chi connectivity index (χ2n) is 6.12. The molecule has 0 N–H and O–H groups in total. The number of rotatable bonds is 11. The third kappa shape index (κ3) is 9.22. The zero-order valence-corrected chi connectivity index (χ0v) is 20.7. The molecule has 0 unspecified atom stereocenters. The van der Waals surface area contributed by atoms with Crippen molar-refractivity contribution in [3.05, 3.63) is 0 Å². The van der Waals surface area contributed by atoms with Gasteiger partial charge in [-0.05, 0) is 58.4 Å². The van der Waals surface area contributed by atoms with Gasteiger partial charge in [-0.25, -0.2) is 0 Å². The predicted octanol–water partition coefficient (Wildman–Crippen LogP) is 1.43. The quantitative estimate of drug-likeness (QED) is 0.497. The molecule has 0 aromatic heterocycles. The normalized spacial score (nSPS) is 18.8. The molecule has 0 atom stereocenters. The number of hydrogen-bond acceptors (Lipinski definition) is 4. The Morgan fingerprint density at radius 3 is 1.70 bits per heavy atom. The van der Waals surface area contributed by atoms with Gasteiger partial charge in [-0.2, -0.15) is 0 Å². The van der Waals surface area contributed by atoms with Gasteiger partial charge in [0, 0.05) is 11.0 Å². The van der Waals surface area contributed by atoms with Crippen LogP contribution in [0.5, 0.6) is 0 Å². The Labute approximate surface area is 140 Å². The van der Waals surface area contributed by atoms with Crippen molar-refractivity contribution in [3.8, 4) is 0 Å². The second-order valence-corrected chi connectivity index (χ2v) is 21.1. The van der Waals surface area contributed by atoms with Crippen molar-refractivity contribution >= 4 is 54.5 Å². The molecule has 0 aliphatic rings. The Hall–Kier alpha value is 1.14. The van der Waals surface area contributed by atoms with E-state index >= 15 is 0 Å². The van der Waals surface area contributed by atoms with Gasteiger partial charge in [0.2, 0.25) is 0 Å². The van der Waals surface area contributed by atoms with Crippen LogP contribution in [0.3, 0.4) is 0 Å². The lowest BCUT2D eigenvalue weighted by molar-refractivity contribution is 0.278. The standard InChI is InChI=1S/C10H34O4Si6/c1-16(2)12-19(7,8)9-10-20(11-15,13-17(3)4)14-18(5)6/h16-18H,9-10H2,1-8,15H3/i15T,16T,17T,18T. The fourth-order valence-corrected chi connectivity index (χ4v) is 18.8. The monoisotopic (exact) mass is 394 g/mol. The van der Waals surface area contributed by atoms with Crippen molar-refractivity contribution in [2.45, 2.75) is 64.5 Å². The summed E-state index contributed by atoms with van der Waals surface area (Å²) in [5.41, 5.74) is 0. The average Bonchev–Trinajstić information content (AvgIpc) is 2.18. The van der Waals surface area contributed by atoms with Gasteiger partial charge < -0.3 is 16.5 Å². The molecule has 0 saturated heterocycles. The van der Waals surface area contributed by atoms with E-state index in [4.69, 9.17) is 21.4 Å².